The number of carboxylic acids is 1. The van der Waals surface area contributed by atoms with E-state index < -0.39 is 53.8 Å². The van der Waals surface area contributed by atoms with E-state index in [1.165, 1.54) is 0 Å². The molecule has 12 nitrogen and oxygen atoms in total. The maximum Gasteiger partial charge on any atom is 0.327 e. The lowest BCUT2D eigenvalue weighted by molar-refractivity contribution is -0.141. The number of thiol groups is 1. The van der Waals surface area contributed by atoms with E-state index >= 15 is 0 Å². The van der Waals surface area contributed by atoms with Crippen molar-refractivity contribution in [3.8, 4) is 0 Å². The first-order chi connectivity index (χ1) is 15.4. The SMILES string of the molecule is CC(C)CC(NC(=O)C(N)CCCCN)C(=O)NC(CCC(N)=O)C(=O)NC(CS)C(=O)O. The Balaban J connectivity index is 5.39. The lowest BCUT2D eigenvalue weighted by Gasteiger charge is -2.25. The summed E-state index contributed by atoms with van der Waals surface area (Å²) >= 11 is 3.89. The molecular weight excluding hydrogens is 452 g/mol. The minimum atomic E-state index is -1.30. The van der Waals surface area contributed by atoms with Crippen LogP contribution in [0.2, 0.25) is 0 Å². The number of amides is 4. The zero-order valence-corrected chi connectivity index (χ0v) is 20.1. The van der Waals surface area contributed by atoms with Crippen molar-refractivity contribution in [2.45, 2.75) is 76.5 Å². The van der Waals surface area contributed by atoms with E-state index in [0.29, 0.717) is 19.4 Å². The monoisotopic (exact) mass is 490 g/mol. The van der Waals surface area contributed by atoms with Crippen molar-refractivity contribution in [3.63, 3.8) is 0 Å². The van der Waals surface area contributed by atoms with Crippen LogP contribution >= 0.6 is 12.6 Å². The maximum absolute atomic E-state index is 12.9. The number of carbonyl (C=O) groups is 5. The van der Waals surface area contributed by atoms with Crippen LogP contribution in [-0.4, -0.2) is 71.2 Å². The Morgan fingerprint density at radius 3 is 1.91 bits per heavy atom. The predicted molar refractivity (Wildman–Crippen MR) is 126 cm³/mol. The lowest BCUT2D eigenvalue weighted by atomic mass is 10.0. The van der Waals surface area contributed by atoms with Gasteiger partial charge >= 0.3 is 5.97 Å². The van der Waals surface area contributed by atoms with Gasteiger partial charge in [-0.05, 0) is 38.1 Å². The first-order valence-electron chi connectivity index (χ1n) is 10.9. The van der Waals surface area contributed by atoms with E-state index in [4.69, 9.17) is 22.3 Å². The van der Waals surface area contributed by atoms with Gasteiger partial charge < -0.3 is 38.3 Å². The van der Waals surface area contributed by atoms with Crippen LogP contribution in [0.25, 0.3) is 0 Å². The standard InChI is InChI=1S/C20H38N6O6S/c1-11(2)9-14(25-17(28)12(22)5-3-4-8-21)19(30)24-13(6-7-16(23)27)18(29)26-15(10-33)20(31)32/h11-15,33H,3-10,21-22H2,1-2H3,(H2,23,27)(H,24,30)(H,25,28)(H,26,29)(H,31,32). The van der Waals surface area contributed by atoms with Gasteiger partial charge in [-0.2, -0.15) is 12.6 Å². The van der Waals surface area contributed by atoms with Crippen LogP contribution in [0.4, 0.5) is 0 Å². The number of hydrogen-bond donors (Lipinski definition) is 8. The first-order valence-corrected chi connectivity index (χ1v) is 11.5. The highest BCUT2D eigenvalue weighted by Gasteiger charge is 2.30. The van der Waals surface area contributed by atoms with Gasteiger partial charge in [-0.1, -0.05) is 20.3 Å². The van der Waals surface area contributed by atoms with Crippen LogP contribution in [0, 0.1) is 5.92 Å². The molecule has 33 heavy (non-hydrogen) atoms. The number of aliphatic carboxylic acids is 1. The molecule has 0 saturated carbocycles. The summed E-state index contributed by atoms with van der Waals surface area (Å²) in [6.45, 7) is 4.20. The van der Waals surface area contributed by atoms with Gasteiger partial charge in [0.15, 0.2) is 0 Å². The number of primary amides is 1. The molecule has 0 aromatic carbocycles. The van der Waals surface area contributed by atoms with Gasteiger partial charge in [0.1, 0.15) is 18.1 Å². The van der Waals surface area contributed by atoms with Crippen LogP contribution in [0.5, 0.6) is 0 Å². The topological polar surface area (TPSA) is 220 Å². The Morgan fingerprint density at radius 1 is 0.879 bits per heavy atom. The number of nitrogens with one attached hydrogen (secondary N) is 3. The van der Waals surface area contributed by atoms with Crippen LogP contribution in [-0.2, 0) is 24.0 Å². The molecule has 0 spiro atoms. The molecule has 4 unspecified atom stereocenters. The third-order valence-corrected chi connectivity index (χ3v) is 5.12. The third-order valence-electron chi connectivity index (χ3n) is 4.76. The van der Waals surface area contributed by atoms with Gasteiger partial charge in [0.25, 0.3) is 0 Å². The quantitative estimate of drug-likeness (QED) is 0.0858. The maximum atomic E-state index is 12.9. The number of rotatable bonds is 17. The minimum Gasteiger partial charge on any atom is -0.480 e. The second-order valence-electron chi connectivity index (χ2n) is 8.23. The minimum absolute atomic E-state index is 0.0213. The molecule has 4 atom stereocenters. The van der Waals surface area contributed by atoms with Crippen molar-refractivity contribution in [2.24, 2.45) is 23.1 Å². The van der Waals surface area contributed by atoms with Crippen molar-refractivity contribution in [1.29, 1.82) is 0 Å². The number of hydrogen-bond acceptors (Lipinski definition) is 8. The normalized spacial score (nSPS) is 14.6. The van der Waals surface area contributed by atoms with Crippen molar-refractivity contribution in [2.75, 3.05) is 12.3 Å². The molecule has 0 aliphatic rings. The fourth-order valence-corrected chi connectivity index (χ4v) is 3.15. The molecule has 0 radical (unpaired) electrons. The Morgan fingerprint density at radius 2 is 1.42 bits per heavy atom. The molecule has 0 aromatic heterocycles. The summed E-state index contributed by atoms with van der Waals surface area (Å²) in [4.78, 5) is 60.4. The molecule has 190 valence electrons. The zero-order valence-electron chi connectivity index (χ0n) is 19.2. The van der Waals surface area contributed by atoms with Gasteiger partial charge in [-0.25, -0.2) is 4.79 Å². The summed E-state index contributed by atoms with van der Waals surface area (Å²) in [5.74, 6) is -4.12. The summed E-state index contributed by atoms with van der Waals surface area (Å²) in [7, 11) is 0. The van der Waals surface area contributed by atoms with Crippen LogP contribution in [0.15, 0.2) is 0 Å². The smallest absolute Gasteiger partial charge is 0.327 e. The van der Waals surface area contributed by atoms with Crippen molar-refractivity contribution >= 4 is 42.2 Å². The van der Waals surface area contributed by atoms with E-state index in [9.17, 15) is 24.0 Å². The highest BCUT2D eigenvalue weighted by molar-refractivity contribution is 7.80. The molecule has 0 bridgehead atoms. The molecule has 13 heteroatoms. The summed E-state index contributed by atoms with van der Waals surface area (Å²) in [5.41, 5.74) is 16.5. The van der Waals surface area contributed by atoms with E-state index in [1.807, 2.05) is 13.8 Å². The molecule has 0 heterocycles. The van der Waals surface area contributed by atoms with Crippen LogP contribution in [0.3, 0.4) is 0 Å². The molecule has 0 aromatic rings. The predicted octanol–water partition coefficient (Wildman–Crippen LogP) is -1.78. The highest BCUT2D eigenvalue weighted by Crippen LogP contribution is 2.08. The van der Waals surface area contributed by atoms with E-state index in [-0.39, 0.29) is 30.9 Å². The van der Waals surface area contributed by atoms with Gasteiger partial charge in [0, 0.05) is 12.2 Å². The summed E-state index contributed by atoms with van der Waals surface area (Å²) < 4.78 is 0. The van der Waals surface area contributed by atoms with Gasteiger partial charge in [-0.15, -0.1) is 0 Å². The molecule has 0 aliphatic heterocycles. The molecule has 10 N–H and O–H groups in total. The number of carbonyl (C=O) groups excluding carboxylic acids is 4. The average molecular weight is 491 g/mol. The molecule has 0 fully saturated rings. The average Bonchev–Trinajstić information content (AvgIpc) is 2.73. The third kappa shape index (κ3) is 13.0. The Labute approximate surface area is 199 Å². The molecule has 0 rings (SSSR count). The molecule has 4 amide bonds. The molecule has 0 saturated heterocycles. The van der Waals surface area contributed by atoms with Crippen molar-refractivity contribution in [1.82, 2.24) is 16.0 Å². The molecule has 0 aliphatic carbocycles. The second-order valence-corrected chi connectivity index (χ2v) is 8.59. The van der Waals surface area contributed by atoms with Gasteiger partial charge in [-0.3, -0.25) is 19.2 Å². The fraction of sp³-hybridized carbons (Fsp3) is 0.750. The van der Waals surface area contributed by atoms with Crippen LogP contribution in [0.1, 0.15) is 52.4 Å². The Kier molecular flexibility index (Phi) is 15.1. The fourth-order valence-electron chi connectivity index (χ4n) is 2.91. The molecular formula is C20H38N6O6S. The Hall–Kier alpha value is -2.38. The first kappa shape index (κ1) is 30.6. The summed E-state index contributed by atoms with van der Waals surface area (Å²) in [6.07, 6.45) is 1.69. The van der Waals surface area contributed by atoms with Gasteiger partial charge in [0.2, 0.25) is 23.6 Å². The summed E-state index contributed by atoms with van der Waals surface area (Å²) in [6, 6.07) is -4.33. The van der Waals surface area contributed by atoms with E-state index in [2.05, 4.69) is 28.6 Å². The largest absolute Gasteiger partial charge is 0.480 e. The van der Waals surface area contributed by atoms with Crippen molar-refractivity contribution < 1.29 is 29.1 Å². The van der Waals surface area contributed by atoms with E-state index in [1.54, 1.807) is 0 Å². The van der Waals surface area contributed by atoms with Crippen molar-refractivity contribution in [3.05, 3.63) is 0 Å². The highest BCUT2D eigenvalue weighted by atomic mass is 32.1. The second kappa shape index (κ2) is 16.3. The van der Waals surface area contributed by atoms with E-state index in [0.717, 1.165) is 6.42 Å². The van der Waals surface area contributed by atoms with Crippen LogP contribution < -0.4 is 33.2 Å². The number of nitrogens with two attached hydrogens (primary N) is 3. The number of carboxylic acid groups (broad SMARTS) is 1. The lowest BCUT2D eigenvalue weighted by Crippen LogP contribution is -2.57. The number of unbranched alkanes of at least 4 members (excludes halogenated alkanes) is 1. The Bertz CT molecular complexity index is 677. The van der Waals surface area contributed by atoms with Gasteiger partial charge in [0.05, 0.1) is 6.04 Å². The zero-order chi connectivity index (χ0) is 25.6. The summed E-state index contributed by atoms with van der Waals surface area (Å²) in [5, 5.41) is 16.5.